The highest BCUT2D eigenvalue weighted by molar-refractivity contribution is 7.89. The van der Waals surface area contributed by atoms with Crippen molar-refractivity contribution in [1.29, 1.82) is 0 Å². The minimum atomic E-state index is -3.70. The van der Waals surface area contributed by atoms with Crippen molar-refractivity contribution in [3.8, 4) is 0 Å². The number of hydrogen-bond acceptors (Lipinski definition) is 6. The van der Waals surface area contributed by atoms with Crippen molar-refractivity contribution in [2.75, 3.05) is 39.3 Å². The van der Waals surface area contributed by atoms with Crippen molar-refractivity contribution < 1.29 is 27.5 Å². The topological polar surface area (TPSA) is 113 Å². The van der Waals surface area contributed by atoms with Crippen molar-refractivity contribution >= 4 is 38.6 Å². The summed E-state index contributed by atoms with van der Waals surface area (Å²) in [4.78, 5) is 38.0. The first-order valence-corrected chi connectivity index (χ1v) is 12.5. The number of rotatable bonds is 7. The summed E-state index contributed by atoms with van der Waals surface area (Å²) in [5, 5.41) is 4.23. The maximum atomic E-state index is 13.1. The summed E-state index contributed by atoms with van der Waals surface area (Å²) < 4.78 is 32.5. The fourth-order valence-corrected chi connectivity index (χ4v) is 5.24. The lowest BCUT2D eigenvalue weighted by Gasteiger charge is -2.33. The average molecular weight is 496 g/mol. The van der Waals surface area contributed by atoms with Gasteiger partial charge in [-0.3, -0.25) is 14.4 Å². The number of carbonyl (C=O) groups is 3. The Hall–Kier alpha value is -3.76. The van der Waals surface area contributed by atoms with Gasteiger partial charge < -0.3 is 15.0 Å². The van der Waals surface area contributed by atoms with Gasteiger partial charge in [-0.15, -0.1) is 0 Å². The van der Waals surface area contributed by atoms with Gasteiger partial charge in [-0.05, 0) is 35.0 Å². The van der Waals surface area contributed by atoms with Crippen molar-refractivity contribution in [2.45, 2.75) is 4.90 Å². The molecule has 1 aliphatic heterocycles. The van der Waals surface area contributed by atoms with Gasteiger partial charge in [0.2, 0.25) is 10.0 Å². The van der Waals surface area contributed by atoms with Crippen LogP contribution in [-0.2, 0) is 24.3 Å². The maximum absolute atomic E-state index is 13.1. The Balaban J connectivity index is 1.24. The van der Waals surface area contributed by atoms with E-state index in [1.165, 1.54) is 9.21 Å². The molecule has 0 radical (unpaired) electrons. The Morgan fingerprint density at radius 2 is 1.49 bits per heavy atom. The second-order valence-electron chi connectivity index (χ2n) is 8.00. The minimum Gasteiger partial charge on any atom is -0.454 e. The van der Waals surface area contributed by atoms with Crippen LogP contribution in [0.1, 0.15) is 10.4 Å². The Morgan fingerprint density at radius 1 is 0.829 bits per heavy atom. The van der Waals surface area contributed by atoms with E-state index >= 15 is 0 Å². The number of hydrogen-bond donors (Lipinski definition) is 1. The summed E-state index contributed by atoms with van der Waals surface area (Å²) in [6.45, 7) is -0.178. The van der Waals surface area contributed by atoms with E-state index in [0.717, 1.165) is 10.8 Å². The van der Waals surface area contributed by atoms with E-state index in [4.69, 9.17) is 4.74 Å². The molecule has 1 saturated heterocycles. The molecule has 9 nitrogen and oxygen atoms in total. The first-order chi connectivity index (χ1) is 16.8. The van der Waals surface area contributed by atoms with Crippen molar-refractivity contribution in [3.05, 3.63) is 78.4 Å². The van der Waals surface area contributed by atoms with Gasteiger partial charge in [-0.25, -0.2) is 8.42 Å². The number of fused-ring (bicyclic) bond motifs is 1. The fourth-order valence-electron chi connectivity index (χ4n) is 3.78. The van der Waals surface area contributed by atoms with E-state index in [2.05, 4.69) is 5.32 Å². The number of nitrogens with one attached hydrogen (secondary N) is 1. The molecule has 1 aliphatic rings. The van der Waals surface area contributed by atoms with Crippen molar-refractivity contribution in [2.24, 2.45) is 0 Å². The summed E-state index contributed by atoms with van der Waals surface area (Å²) in [6, 6.07) is 21.0. The quantitative estimate of drug-likeness (QED) is 0.499. The Labute approximate surface area is 203 Å². The molecule has 1 heterocycles. The molecule has 10 heteroatoms. The number of nitrogens with zero attached hydrogens (tertiary/aromatic N) is 2. The van der Waals surface area contributed by atoms with E-state index in [1.54, 1.807) is 48.5 Å². The molecule has 3 aromatic rings. The molecule has 4 rings (SSSR count). The Kier molecular flexibility index (Phi) is 7.42. The standard InChI is InChI=1S/C25H25N3O6S/c29-23(18-34-24(30)17-26-25(31)20-7-2-1-3-8-20)27-12-14-28(15-13-27)35(32,33)22-11-10-19-6-4-5-9-21(19)16-22/h1-11,16H,12-15,17-18H2,(H,26,31). The van der Waals surface area contributed by atoms with Crippen LogP contribution in [-0.4, -0.2) is 74.7 Å². The molecule has 182 valence electrons. The third kappa shape index (κ3) is 5.84. The molecule has 0 aromatic heterocycles. The average Bonchev–Trinajstić information content (AvgIpc) is 2.90. The summed E-state index contributed by atoms with van der Waals surface area (Å²) in [5.74, 6) is -1.58. The first-order valence-electron chi connectivity index (χ1n) is 11.1. The number of sulfonamides is 1. The molecule has 0 spiro atoms. The summed E-state index contributed by atoms with van der Waals surface area (Å²) >= 11 is 0. The molecule has 2 amide bonds. The van der Waals surface area contributed by atoms with E-state index in [0.29, 0.717) is 5.56 Å². The lowest BCUT2D eigenvalue weighted by Crippen LogP contribution is -2.51. The number of esters is 1. The molecular weight excluding hydrogens is 470 g/mol. The third-order valence-corrected chi connectivity index (χ3v) is 7.63. The smallest absolute Gasteiger partial charge is 0.325 e. The van der Waals surface area contributed by atoms with Crippen LogP contribution in [0.3, 0.4) is 0 Å². The van der Waals surface area contributed by atoms with Crippen LogP contribution in [0.4, 0.5) is 0 Å². The van der Waals surface area contributed by atoms with Crippen LogP contribution in [0.5, 0.6) is 0 Å². The third-order valence-electron chi connectivity index (χ3n) is 5.74. The second-order valence-corrected chi connectivity index (χ2v) is 9.94. The van der Waals surface area contributed by atoms with Crippen molar-refractivity contribution in [3.63, 3.8) is 0 Å². The molecule has 0 unspecified atom stereocenters. The Bertz CT molecular complexity index is 1340. The SMILES string of the molecule is O=C(CNC(=O)c1ccccc1)OCC(=O)N1CCN(S(=O)(=O)c2ccc3ccccc3c2)CC1. The minimum absolute atomic E-state index is 0.141. The van der Waals surface area contributed by atoms with E-state index < -0.39 is 34.4 Å². The molecular formula is C25H25N3O6S. The van der Waals surface area contributed by atoms with Gasteiger partial charge in [0.25, 0.3) is 11.8 Å². The van der Waals surface area contributed by atoms with Gasteiger partial charge in [0.05, 0.1) is 4.90 Å². The molecule has 0 atom stereocenters. The molecule has 1 fully saturated rings. The predicted molar refractivity (Wildman–Crippen MR) is 129 cm³/mol. The van der Waals surface area contributed by atoms with Crippen LogP contribution in [0.15, 0.2) is 77.7 Å². The van der Waals surface area contributed by atoms with Gasteiger partial charge in [0.15, 0.2) is 6.61 Å². The van der Waals surface area contributed by atoms with E-state index in [-0.39, 0.29) is 37.6 Å². The zero-order valence-electron chi connectivity index (χ0n) is 18.9. The predicted octanol–water partition coefficient (Wildman–Crippen LogP) is 1.65. The zero-order chi connectivity index (χ0) is 24.8. The van der Waals surface area contributed by atoms with Gasteiger partial charge in [-0.1, -0.05) is 48.5 Å². The highest BCUT2D eigenvalue weighted by Crippen LogP contribution is 2.22. The van der Waals surface area contributed by atoms with Gasteiger partial charge in [0, 0.05) is 31.7 Å². The number of piperazine rings is 1. The van der Waals surface area contributed by atoms with Crippen LogP contribution < -0.4 is 5.32 Å². The molecule has 0 bridgehead atoms. The lowest BCUT2D eigenvalue weighted by atomic mass is 10.1. The second kappa shape index (κ2) is 10.7. The molecule has 3 aromatic carbocycles. The molecule has 0 aliphatic carbocycles. The summed E-state index contributed by atoms with van der Waals surface area (Å²) in [5.41, 5.74) is 0.410. The number of ether oxygens (including phenoxy) is 1. The highest BCUT2D eigenvalue weighted by Gasteiger charge is 2.30. The van der Waals surface area contributed by atoms with E-state index in [1.807, 2.05) is 24.3 Å². The van der Waals surface area contributed by atoms with Gasteiger partial charge >= 0.3 is 5.97 Å². The largest absolute Gasteiger partial charge is 0.454 e. The van der Waals surface area contributed by atoms with Gasteiger partial charge in [-0.2, -0.15) is 4.31 Å². The highest BCUT2D eigenvalue weighted by atomic mass is 32.2. The number of amides is 2. The number of carbonyl (C=O) groups excluding carboxylic acids is 3. The maximum Gasteiger partial charge on any atom is 0.325 e. The van der Waals surface area contributed by atoms with E-state index in [9.17, 15) is 22.8 Å². The first kappa shape index (κ1) is 24.4. The summed E-state index contributed by atoms with van der Waals surface area (Å²) in [6.07, 6.45) is 0. The van der Waals surface area contributed by atoms with Crippen molar-refractivity contribution in [1.82, 2.24) is 14.5 Å². The molecule has 35 heavy (non-hydrogen) atoms. The monoisotopic (exact) mass is 495 g/mol. The molecule has 1 N–H and O–H groups in total. The molecule has 0 saturated carbocycles. The Morgan fingerprint density at radius 3 is 2.20 bits per heavy atom. The van der Waals surface area contributed by atoms with Crippen LogP contribution >= 0.6 is 0 Å². The van der Waals surface area contributed by atoms with Gasteiger partial charge in [0.1, 0.15) is 6.54 Å². The summed E-state index contributed by atoms with van der Waals surface area (Å²) in [7, 11) is -3.70. The van der Waals surface area contributed by atoms with Crippen LogP contribution in [0.25, 0.3) is 10.8 Å². The fraction of sp³-hybridized carbons (Fsp3) is 0.240. The zero-order valence-corrected chi connectivity index (χ0v) is 19.7. The van der Waals surface area contributed by atoms with Crippen LogP contribution in [0.2, 0.25) is 0 Å². The number of benzene rings is 3. The van der Waals surface area contributed by atoms with Crippen LogP contribution in [0, 0.1) is 0 Å². The normalized spacial score (nSPS) is 14.5. The lowest BCUT2D eigenvalue weighted by molar-refractivity contribution is -0.151.